The van der Waals surface area contributed by atoms with Gasteiger partial charge in [0, 0.05) is 23.7 Å². The summed E-state index contributed by atoms with van der Waals surface area (Å²) in [6, 6.07) is 16.5. The van der Waals surface area contributed by atoms with Gasteiger partial charge in [-0.2, -0.15) is 0 Å². The molecule has 7 heteroatoms. The molecule has 0 fully saturated rings. The number of thiazole rings is 1. The number of hydrogen-bond acceptors (Lipinski definition) is 6. The molecule has 0 spiro atoms. The monoisotopic (exact) mass is 436 g/mol. The third kappa shape index (κ3) is 4.74. The Morgan fingerprint density at radius 1 is 1.07 bits per heavy atom. The number of hydrogen-bond donors (Lipinski definition) is 0. The van der Waals surface area contributed by atoms with Gasteiger partial charge in [0.2, 0.25) is 0 Å². The van der Waals surface area contributed by atoms with E-state index in [9.17, 15) is 0 Å². The number of benzene rings is 2. The number of thioether (sulfide) groups is 1. The van der Waals surface area contributed by atoms with Crippen molar-refractivity contribution in [2.75, 3.05) is 0 Å². The van der Waals surface area contributed by atoms with E-state index in [4.69, 9.17) is 9.72 Å². The topological polar surface area (TPSA) is 52.8 Å². The van der Waals surface area contributed by atoms with Gasteiger partial charge in [-0.1, -0.05) is 53.7 Å². The molecule has 0 aliphatic heterocycles. The molecule has 0 radical (unpaired) electrons. The highest BCUT2D eigenvalue weighted by Crippen LogP contribution is 2.29. The number of aromatic nitrogens is 4. The summed E-state index contributed by atoms with van der Waals surface area (Å²) in [6.45, 7) is 6.14. The Morgan fingerprint density at radius 2 is 1.87 bits per heavy atom. The minimum Gasteiger partial charge on any atom is -0.483 e. The van der Waals surface area contributed by atoms with Gasteiger partial charge in [0.25, 0.3) is 0 Å². The first kappa shape index (κ1) is 20.6. The predicted octanol–water partition coefficient (Wildman–Crippen LogP) is 5.99. The summed E-state index contributed by atoms with van der Waals surface area (Å²) in [5.41, 5.74) is 4.63. The fourth-order valence-electron chi connectivity index (χ4n) is 3.09. The molecule has 4 rings (SSSR count). The Morgan fingerprint density at radius 3 is 2.63 bits per heavy atom. The molecule has 5 nitrogen and oxygen atoms in total. The lowest BCUT2D eigenvalue weighted by Crippen LogP contribution is -2.10. The van der Waals surface area contributed by atoms with Gasteiger partial charge in [0.1, 0.15) is 10.8 Å². The van der Waals surface area contributed by atoms with Crippen molar-refractivity contribution in [1.29, 1.82) is 0 Å². The average Bonchev–Trinajstić information content (AvgIpc) is 3.34. The molecule has 0 aliphatic rings. The van der Waals surface area contributed by atoms with Crippen molar-refractivity contribution in [3.05, 3.63) is 76.6 Å². The van der Waals surface area contributed by atoms with E-state index in [0.29, 0.717) is 0 Å². The summed E-state index contributed by atoms with van der Waals surface area (Å²) in [7, 11) is 1.98. The van der Waals surface area contributed by atoms with Gasteiger partial charge in [0.15, 0.2) is 17.1 Å². The second-order valence-electron chi connectivity index (χ2n) is 7.28. The standard InChI is InChI=1S/C23H24N4OS2/c1-15-8-10-18(11-9-15)22-24-19(13-29-22)14-30-23-26-25-21(27(23)4)17(3)28-20-7-5-6-16(2)12-20/h5-13,17H,14H2,1-4H3. The fourth-order valence-corrected chi connectivity index (χ4v) is 4.83. The van der Waals surface area contributed by atoms with Crippen LogP contribution < -0.4 is 4.74 Å². The van der Waals surface area contributed by atoms with Gasteiger partial charge in [-0.3, -0.25) is 0 Å². The van der Waals surface area contributed by atoms with E-state index in [2.05, 4.69) is 59.8 Å². The highest BCUT2D eigenvalue weighted by atomic mass is 32.2. The SMILES string of the molecule is Cc1ccc(-c2nc(CSc3nnc(C(C)Oc4cccc(C)c4)n3C)cs2)cc1. The summed E-state index contributed by atoms with van der Waals surface area (Å²) < 4.78 is 8.05. The number of nitrogens with zero attached hydrogens (tertiary/aromatic N) is 4. The Labute approximate surface area is 185 Å². The van der Waals surface area contributed by atoms with Crippen LogP contribution in [-0.4, -0.2) is 19.7 Å². The molecule has 0 bridgehead atoms. The molecular formula is C23H24N4OS2. The van der Waals surface area contributed by atoms with Crippen LogP contribution >= 0.6 is 23.1 Å². The molecule has 1 atom stereocenters. The largest absolute Gasteiger partial charge is 0.483 e. The van der Waals surface area contributed by atoms with Crippen LogP contribution in [0, 0.1) is 13.8 Å². The third-order valence-corrected chi connectivity index (χ3v) is 6.73. The minimum absolute atomic E-state index is 0.189. The number of rotatable bonds is 7. The average molecular weight is 437 g/mol. The van der Waals surface area contributed by atoms with E-state index in [1.165, 1.54) is 11.1 Å². The molecule has 154 valence electrons. The van der Waals surface area contributed by atoms with E-state index in [-0.39, 0.29) is 6.10 Å². The van der Waals surface area contributed by atoms with Crippen LogP contribution in [-0.2, 0) is 12.8 Å². The molecule has 2 aromatic carbocycles. The van der Waals surface area contributed by atoms with E-state index in [1.54, 1.807) is 23.1 Å². The molecule has 2 heterocycles. The summed E-state index contributed by atoms with van der Waals surface area (Å²) in [4.78, 5) is 4.78. The normalized spacial score (nSPS) is 12.1. The van der Waals surface area contributed by atoms with Crippen LogP contribution in [0.25, 0.3) is 10.6 Å². The first-order valence-electron chi connectivity index (χ1n) is 9.76. The Kier molecular flexibility index (Phi) is 6.20. The third-order valence-electron chi connectivity index (χ3n) is 4.73. The zero-order valence-corrected chi connectivity index (χ0v) is 19.1. The van der Waals surface area contributed by atoms with Crippen molar-refractivity contribution in [3.8, 4) is 16.3 Å². The lowest BCUT2D eigenvalue weighted by atomic mass is 10.2. The van der Waals surface area contributed by atoms with Crippen molar-refractivity contribution >= 4 is 23.1 Å². The maximum atomic E-state index is 6.06. The van der Waals surface area contributed by atoms with Crippen LogP contribution in [0.5, 0.6) is 5.75 Å². The highest BCUT2D eigenvalue weighted by molar-refractivity contribution is 7.98. The smallest absolute Gasteiger partial charge is 0.191 e. The molecule has 0 amide bonds. The lowest BCUT2D eigenvalue weighted by Gasteiger charge is -2.14. The molecule has 0 saturated carbocycles. The Balaban J connectivity index is 1.40. The molecule has 0 saturated heterocycles. The van der Waals surface area contributed by atoms with Gasteiger partial charge in [0.05, 0.1) is 5.69 Å². The van der Waals surface area contributed by atoms with Crippen LogP contribution in [0.15, 0.2) is 59.1 Å². The first-order valence-corrected chi connectivity index (χ1v) is 11.6. The highest BCUT2D eigenvalue weighted by Gasteiger charge is 2.18. The maximum absolute atomic E-state index is 6.06. The van der Waals surface area contributed by atoms with Crippen LogP contribution in [0.2, 0.25) is 0 Å². The quantitative estimate of drug-likeness (QED) is 0.333. The van der Waals surface area contributed by atoms with Gasteiger partial charge in [-0.25, -0.2) is 4.98 Å². The number of aryl methyl sites for hydroxylation is 2. The van der Waals surface area contributed by atoms with Crippen molar-refractivity contribution in [1.82, 2.24) is 19.7 Å². The number of ether oxygens (including phenoxy) is 1. The predicted molar refractivity (Wildman–Crippen MR) is 123 cm³/mol. The van der Waals surface area contributed by atoms with Gasteiger partial charge in [-0.05, 0) is 38.5 Å². The summed E-state index contributed by atoms with van der Waals surface area (Å²) in [5.74, 6) is 2.39. The van der Waals surface area contributed by atoms with Gasteiger partial charge >= 0.3 is 0 Å². The van der Waals surface area contributed by atoms with Crippen LogP contribution in [0.3, 0.4) is 0 Å². The lowest BCUT2D eigenvalue weighted by molar-refractivity contribution is 0.211. The fraction of sp³-hybridized carbons (Fsp3) is 0.261. The summed E-state index contributed by atoms with van der Waals surface area (Å²) in [6.07, 6.45) is -0.189. The molecule has 4 aromatic rings. The van der Waals surface area contributed by atoms with E-state index in [1.807, 2.05) is 36.7 Å². The van der Waals surface area contributed by atoms with Crippen LogP contribution in [0.4, 0.5) is 0 Å². The van der Waals surface area contributed by atoms with Gasteiger partial charge < -0.3 is 9.30 Å². The van der Waals surface area contributed by atoms with Crippen molar-refractivity contribution in [2.24, 2.45) is 7.05 Å². The van der Waals surface area contributed by atoms with E-state index < -0.39 is 0 Å². The van der Waals surface area contributed by atoms with Gasteiger partial charge in [-0.15, -0.1) is 21.5 Å². The molecular weight excluding hydrogens is 412 g/mol. The minimum atomic E-state index is -0.189. The molecule has 0 aliphatic carbocycles. The van der Waals surface area contributed by atoms with Crippen LogP contribution in [0.1, 0.15) is 35.7 Å². The van der Waals surface area contributed by atoms with E-state index in [0.717, 1.165) is 38.7 Å². The second-order valence-corrected chi connectivity index (χ2v) is 9.08. The summed E-state index contributed by atoms with van der Waals surface area (Å²) in [5, 5.41) is 12.7. The van der Waals surface area contributed by atoms with E-state index >= 15 is 0 Å². The van der Waals surface area contributed by atoms with Crippen molar-refractivity contribution < 1.29 is 4.74 Å². The Bertz CT molecular complexity index is 1130. The van der Waals surface area contributed by atoms with Crippen molar-refractivity contribution in [2.45, 2.75) is 37.8 Å². The summed E-state index contributed by atoms with van der Waals surface area (Å²) >= 11 is 3.31. The molecule has 2 aromatic heterocycles. The zero-order chi connectivity index (χ0) is 21.1. The zero-order valence-electron chi connectivity index (χ0n) is 17.5. The second kappa shape index (κ2) is 9.02. The molecule has 30 heavy (non-hydrogen) atoms. The molecule has 0 N–H and O–H groups in total. The van der Waals surface area contributed by atoms with Crippen molar-refractivity contribution in [3.63, 3.8) is 0 Å². The molecule has 1 unspecified atom stereocenters. The Hall–Kier alpha value is -2.64. The maximum Gasteiger partial charge on any atom is 0.191 e. The first-order chi connectivity index (χ1) is 14.5.